The van der Waals surface area contributed by atoms with Crippen LogP contribution in [0.25, 0.3) is 0 Å². The molecule has 1 fully saturated rings. The first-order valence-electron chi connectivity index (χ1n) is 9.23. The van der Waals surface area contributed by atoms with E-state index < -0.39 is 15.8 Å². The molecule has 1 amide bonds. The topological polar surface area (TPSA) is 75.7 Å². The number of hydrogen-bond acceptors (Lipinski definition) is 4. The van der Waals surface area contributed by atoms with E-state index in [1.54, 1.807) is 7.05 Å². The molecule has 3 rings (SSSR count). The van der Waals surface area contributed by atoms with E-state index in [0.29, 0.717) is 5.69 Å². The summed E-state index contributed by atoms with van der Waals surface area (Å²) in [5, 5.41) is 0.0940. The van der Waals surface area contributed by atoms with Crippen molar-refractivity contribution in [2.45, 2.75) is 36.6 Å². The fraction of sp³-hybridized carbons (Fsp3) is 0.350. The summed E-state index contributed by atoms with van der Waals surface area (Å²) in [6.45, 7) is -0.306. The molecule has 0 aromatic heterocycles. The lowest BCUT2D eigenvalue weighted by Gasteiger charge is -2.18. The predicted molar refractivity (Wildman–Crippen MR) is 109 cm³/mol. The second kappa shape index (κ2) is 9.11. The molecule has 0 radical (unpaired) electrons. The van der Waals surface area contributed by atoms with Gasteiger partial charge >= 0.3 is 0 Å². The number of rotatable bonds is 7. The highest BCUT2D eigenvalue weighted by Gasteiger charge is 2.23. The molecule has 0 bridgehead atoms. The lowest BCUT2D eigenvalue weighted by Crippen LogP contribution is -2.32. The molecule has 0 saturated heterocycles. The number of ether oxygens (including phenoxy) is 1. The van der Waals surface area contributed by atoms with Crippen LogP contribution in [0.15, 0.2) is 47.4 Å². The second-order valence-corrected chi connectivity index (χ2v) is 9.03. The Bertz CT molecular complexity index is 976. The standard InChI is InChI=1S/C20H22ClFN2O4S/c1-24(16-8-6-14(22)7-9-16)20(25)13-28-19-11-10-17(12-18(19)21)29(26,27)23-15-4-2-3-5-15/h6-12,15,23H,2-5,13H2,1H3. The zero-order chi connectivity index (χ0) is 21.0. The van der Waals surface area contributed by atoms with Gasteiger partial charge in [-0.3, -0.25) is 4.79 Å². The number of nitrogens with one attached hydrogen (secondary N) is 1. The van der Waals surface area contributed by atoms with Crippen LogP contribution in [0.4, 0.5) is 10.1 Å². The summed E-state index contributed by atoms with van der Waals surface area (Å²) in [6.07, 6.45) is 3.69. The molecule has 29 heavy (non-hydrogen) atoms. The Hall–Kier alpha value is -2.16. The summed E-state index contributed by atoms with van der Waals surface area (Å²) >= 11 is 6.17. The number of benzene rings is 2. The van der Waals surface area contributed by atoms with Crippen molar-refractivity contribution < 1.29 is 22.3 Å². The number of anilines is 1. The first-order chi connectivity index (χ1) is 13.8. The van der Waals surface area contributed by atoms with Crippen LogP contribution in [0.3, 0.4) is 0 Å². The molecule has 1 N–H and O–H groups in total. The molecular formula is C20H22ClFN2O4S. The third-order valence-corrected chi connectivity index (χ3v) is 6.64. The van der Waals surface area contributed by atoms with E-state index in [9.17, 15) is 17.6 Å². The summed E-state index contributed by atoms with van der Waals surface area (Å²) in [7, 11) is -2.12. The molecule has 1 saturated carbocycles. The van der Waals surface area contributed by atoms with Crippen LogP contribution in [0.1, 0.15) is 25.7 Å². The molecule has 0 atom stereocenters. The fourth-order valence-corrected chi connectivity index (χ4v) is 4.77. The molecule has 0 heterocycles. The maximum Gasteiger partial charge on any atom is 0.264 e. The maximum atomic E-state index is 13.0. The molecule has 2 aromatic rings. The van der Waals surface area contributed by atoms with Gasteiger partial charge in [0.1, 0.15) is 11.6 Å². The van der Waals surface area contributed by atoms with E-state index in [0.717, 1.165) is 25.7 Å². The van der Waals surface area contributed by atoms with Gasteiger partial charge in [-0.2, -0.15) is 0 Å². The number of nitrogens with zero attached hydrogens (tertiary/aromatic N) is 1. The summed E-state index contributed by atoms with van der Waals surface area (Å²) in [4.78, 5) is 13.7. The number of carbonyl (C=O) groups excluding carboxylic acids is 1. The Morgan fingerprint density at radius 3 is 2.48 bits per heavy atom. The third kappa shape index (κ3) is 5.46. The van der Waals surface area contributed by atoms with Crippen LogP contribution < -0.4 is 14.4 Å². The quantitative estimate of drug-likeness (QED) is 0.711. The van der Waals surface area contributed by atoms with Gasteiger partial charge in [-0.1, -0.05) is 24.4 Å². The van der Waals surface area contributed by atoms with Crippen molar-refractivity contribution in [2.24, 2.45) is 0 Å². The first-order valence-corrected chi connectivity index (χ1v) is 11.1. The highest BCUT2D eigenvalue weighted by Crippen LogP contribution is 2.28. The Kier molecular flexibility index (Phi) is 6.77. The molecular weight excluding hydrogens is 419 g/mol. The van der Waals surface area contributed by atoms with Crippen molar-refractivity contribution in [3.05, 3.63) is 53.3 Å². The average Bonchev–Trinajstić information content (AvgIpc) is 3.19. The minimum absolute atomic E-state index is 0.0469. The summed E-state index contributed by atoms with van der Waals surface area (Å²) < 4.78 is 46.1. The second-order valence-electron chi connectivity index (χ2n) is 6.91. The van der Waals surface area contributed by atoms with Crippen LogP contribution in [-0.2, 0) is 14.8 Å². The van der Waals surface area contributed by atoms with Crippen LogP contribution in [-0.4, -0.2) is 34.0 Å². The van der Waals surface area contributed by atoms with E-state index in [4.69, 9.17) is 16.3 Å². The lowest BCUT2D eigenvalue weighted by molar-refractivity contribution is -0.120. The van der Waals surface area contributed by atoms with Gasteiger partial charge < -0.3 is 9.64 Å². The van der Waals surface area contributed by atoms with E-state index in [2.05, 4.69) is 4.72 Å². The van der Waals surface area contributed by atoms with Crippen LogP contribution in [0.5, 0.6) is 5.75 Å². The minimum Gasteiger partial charge on any atom is -0.482 e. The number of carbonyl (C=O) groups is 1. The lowest BCUT2D eigenvalue weighted by atomic mass is 10.3. The van der Waals surface area contributed by atoms with Crippen molar-refractivity contribution in [3.63, 3.8) is 0 Å². The SMILES string of the molecule is CN(C(=O)COc1ccc(S(=O)(=O)NC2CCCC2)cc1Cl)c1ccc(F)cc1. The smallest absolute Gasteiger partial charge is 0.264 e. The van der Waals surface area contributed by atoms with Crippen molar-refractivity contribution in [2.75, 3.05) is 18.6 Å². The molecule has 156 valence electrons. The Morgan fingerprint density at radius 1 is 1.21 bits per heavy atom. The van der Waals surface area contributed by atoms with Crippen molar-refractivity contribution in [3.8, 4) is 5.75 Å². The zero-order valence-electron chi connectivity index (χ0n) is 15.9. The van der Waals surface area contributed by atoms with E-state index >= 15 is 0 Å². The number of likely N-dealkylation sites (N-methyl/N-ethyl adjacent to an activating group) is 1. The Labute approximate surface area is 174 Å². The van der Waals surface area contributed by atoms with Crippen molar-refractivity contribution in [1.29, 1.82) is 0 Å². The molecule has 2 aromatic carbocycles. The van der Waals surface area contributed by atoms with Gasteiger partial charge in [-0.05, 0) is 55.3 Å². The van der Waals surface area contributed by atoms with Crippen molar-refractivity contribution >= 4 is 33.2 Å². The monoisotopic (exact) mass is 440 g/mol. The third-order valence-electron chi connectivity index (χ3n) is 4.83. The van der Waals surface area contributed by atoms with Gasteiger partial charge in [0.15, 0.2) is 6.61 Å². The predicted octanol–water partition coefficient (Wildman–Crippen LogP) is 3.74. The fourth-order valence-electron chi connectivity index (χ4n) is 3.14. The van der Waals surface area contributed by atoms with E-state index in [1.165, 1.54) is 47.4 Å². The average molecular weight is 441 g/mol. The first kappa shape index (κ1) is 21.5. The molecule has 9 heteroatoms. The largest absolute Gasteiger partial charge is 0.482 e. The zero-order valence-corrected chi connectivity index (χ0v) is 17.5. The number of halogens is 2. The normalized spacial score (nSPS) is 14.7. The highest BCUT2D eigenvalue weighted by atomic mass is 35.5. The van der Waals surface area contributed by atoms with Crippen molar-refractivity contribution in [1.82, 2.24) is 4.72 Å². The van der Waals surface area contributed by atoms with Gasteiger partial charge in [-0.15, -0.1) is 0 Å². The van der Waals surface area contributed by atoms with E-state index in [1.807, 2.05) is 0 Å². The van der Waals surface area contributed by atoms with Gasteiger partial charge in [-0.25, -0.2) is 17.5 Å². The molecule has 6 nitrogen and oxygen atoms in total. The maximum absolute atomic E-state index is 13.0. The molecule has 1 aliphatic carbocycles. The minimum atomic E-state index is -3.66. The highest BCUT2D eigenvalue weighted by molar-refractivity contribution is 7.89. The van der Waals surface area contributed by atoms with Crippen LogP contribution >= 0.6 is 11.6 Å². The van der Waals surface area contributed by atoms with E-state index in [-0.39, 0.29) is 34.2 Å². The summed E-state index contributed by atoms with van der Waals surface area (Å²) in [6, 6.07) is 9.57. The van der Waals surface area contributed by atoms with Gasteiger partial charge in [0.25, 0.3) is 5.91 Å². The van der Waals surface area contributed by atoms with Crippen LogP contribution in [0, 0.1) is 5.82 Å². The molecule has 0 unspecified atom stereocenters. The summed E-state index contributed by atoms with van der Waals surface area (Å²) in [5.74, 6) is -0.560. The molecule has 1 aliphatic rings. The Balaban J connectivity index is 1.62. The number of hydrogen-bond donors (Lipinski definition) is 1. The number of amides is 1. The van der Waals surface area contributed by atoms with Gasteiger partial charge in [0.2, 0.25) is 10.0 Å². The Morgan fingerprint density at radius 2 is 1.86 bits per heavy atom. The van der Waals surface area contributed by atoms with Crippen LogP contribution in [0.2, 0.25) is 5.02 Å². The van der Waals surface area contributed by atoms with Gasteiger partial charge in [0.05, 0.1) is 9.92 Å². The molecule has 0 aliphatic heterocycles. The number of sulfonamides is 1. The summed E-state index contributed by atoms with van der Waals surface area (Å²) in [5.41, 5.74) is 0.519. The molecule has 0 spiro atoms. The van der Waals surface area contributed by atoms with Gasteiger partial charge in [0, 0.05) is 18.8 Å².